The summed E-state index contributed by atoms with van der Waals surface area (Å²) in [5, 5.41) is 3.75. The van der Waals surface area contributed by atoms with Crippen LogP contribution in [0, 0.1) is 24.7 Å². The third kappa shape index (κ3) is 1.90. The molecular formula is C16H23N3. The number of aryl methyl sites for hydroxylation is 1. The maximum absolute atomic E-state index is 6.13. The second kappa shape index (κ2) is 3.87. The Morgan fingerprint density at radius 3 is 2.26 bits per heavy atom. The summed E-state index contributed by atoms with van der Waals surface area (Å²) in [5.74, 6) is 3.76. The van der Waals surface area contributed by atoms with E-state index in [2.05, 4.69) is 10.3 Å². The summed E-state index contributed by atoms with van der Waals surface area (Å²) in [7, 11) is 0. The van der Waals surface area contributed by atoms with Gasteiger partial charge < -0.3 is 11.1 Å². The highest BCUT2D eigenvalue weighted by Gasteiger charge is 2.51. The summed E-state index contributed by atoms with van der Waals surface area (Å²) in [6.45, 7) is 2.04. The maximum Gasteiger partial charge on any atom is 0.149 e. The van der Waals surface area contributed by atoms with E-state index in [9.17, 15) is 0 Å². The summed E-state index contributed by atoms with van der Waals surface area (Å²) in [6, 6.07) is 2.02. The lowest BCUT2D eigenvalue weighted by molar-refractivity contribution is 0.0106. The number of hydrogen-bond donors (Lipinski definition) is 2. The fourth-order valence-electron chi connectivity index (χ4n) is 5.21. The summed E-state index contributed by atoms with van der Waals surface area (Å²) >= 11 is 0. The van der Waals surface area contributed by atoms with Crippen molar-refractivity contribution in [2.45, 2.75) is 51.0 Å². The van der Waals surface area contributed by atoms with Gasteiger partial charge in [-0.05, 0) is 74.8 Å². The first-order valence-electron chi connectivity index (χ1n) is 7.62. The molecular weight excluding hydrogens is 234 g/mol. The highest BCUT2D eigenvalue weighted by atomic mass is 15.1. The minimum Gasteiger partial charge on any atom is -0.396 e. The molecule has 0 spiro atoms. The smallest absolute Gasteiger partial charge is 0.149 e. The van der Waals surface area contributed by atoms with Crippen LogP contribution in [-0.2, 0) is 0 Å². The van der Waals surface area contributed by atoms with E-state index in [-0.39, 0.29) is 0 Å². The van der Waals surface area contributed by atoms with E-state index in [0.29, 0.717) is 5.54 Å². The summed E-state index contributed by atoms with van der Waals surface area (Å²) in [6.07, 6.45) is 10.3. The van der Waals surface area contributed by atoms with E-state index in [0.717, 1.165) is 34.8 Å². The molecule has 102 valence electrons. The molecule has 0 unspecified atom stereocenters. The third-order valence-electron chi connectivity index (χ3n) is 5.48. The molecule has 5 rings (SSSR count). The molecule has 0 saturated heterocycles. The van der Waals surface area contributed by atoms with E-state index in [4.69, 9.17) is 5.73 Å². The Balaban J connectivity index is 1.62. The van der Waals surface area contributed by atoms with Gasteiger partial charge in [0.15, 0.2) is 0 Å². The zero-order chi connectivity index (χ0) is 13.0. The SMILES string of the molecule is Cc1cnc(NC23CC4CC(CC(C4)C2)C3)c(N)c1. The van der Waals surface area contributed by atoms with E-state index >= 15 is 0 Å². The lowest BCUT2D eigenvalue weighted by Crippen LogP contribution is -2.55. The van der Waals surface area contributed by atoms with E-state index in [1.165, 1.54) is 38.5 Å². The molecule has 1 aromatic heterocycles. The van der Waals surface area contributed by atoms with Crippen LogP contribution in [0.15, 0.2) is 12.3 Å². The van der Waals surface area contributed by atoms with Crippen LogP contribution in [0.4, 0.5) is 11.5 Å². The van der Waals surface area contributed by atoms with E-state index in [1.54, 1.807) is 0 Å². The van der Waals surface area contributed by atoms with Crippen molar-refractivity contribution < 1.29 is 0 Å². The summed E-state index contributed by atoms with van der Waals surface area (Å²) in [4.78, 5) is 4.52. The molecule has 3 heteroatoms. The van der Waals surface area contributed by atoms with E-state index < -0.39 is 0 Å². The Bertz CT molecular complexity index is 473. The Labute approximate surface area is 115 Å². The van der Waals surface area contributed by atoms with Crippen molar-refractivity contribution in [2.75, 3.05) is 11.1 Å². The fraction of sp³-hybridized carbons (Fsp3) is 0.688. The van der Waals surface area contributed by atoms with Crippen LogP contribution < -0.4 is 11.1 Å². The molecule has 4 aliphatic carbocycles. The second-order valence-corrected chi connectivity index (χ2v) is 7.27. The summed E-state index contributed by atoms with van der Waals surface area (Å²) in [5.41, 5.74) is 8.36. The number of anilines is 2. The van der Waals surface area contributed by atoms with Crippen molar-refractivity contribution in [1.29, 1.82) is 0 Å². The second-order valence-electron chi connectivity index (χ2n) is 7.27. The van der Waals surface area contributed by atoms with Crippen LogP contribution in [0.5, 0.6) is 0 Å². The zero-order valence-electron chi connectivity index (χ0n) is 11.7. The minimum absolute atomic E-state index is 0.297. The zero-order valence-corrected chi connectivity index (χ0v) is 11.7. The van der Waals surface area contributed by atoms with Crippen molar-refractivity contribution in [1.82, 2.24) is 4.98 Å². The van der Waals surface area contributed by atoms with Crippen LogP contribution in [-0.4, -0.2) is 10.5 Å². The average molecular weight is 257 g/mol. The first-order chi connectivity index (χ1) is 9.12. The molecule has 3 nitrogen and oxygen atoms in total. The predicted molar refractivity (Wildman–Crippen MR) is 77.9 cm³/mol. The van der Waals surface area contributed by atoms with Gasteiger partial charge in [0, 0.05) is 11.7 Å². The molecule has 1 heterocycles. The number of pyridine rings is 1. The molecule has 0 radical (unpaired) electrons. The topological polar surface area (TPSA) is 50.9 Å². The van der Waals surface area contributed by atoms with Gasteiger partial charge >= 0.3 is 0 Å². The van der Waals surface area contributed by atoms with Gasteiger partial charge in [0.2, 0.25) is 0 Å². The molecule has 4 aliphatic rings. The predicted octanol–water partition coefficient (Wildman–Crippen LogP) is 3.35. The first-order valence-corrected chi connectivity index (χ1v) is 7.62. The molecule has 4 fully saturated rings. The number of nitrogens with zero attached hydrogens (tertiary/aromatic N) is 1. The van der Waals surface area contributed by atoms with Crippen LogP contribution in [0.1, 0.15) is 44.1 Å². The molecule has 4 saturated carbocycles. The highest BCUT2D eigenvalue weighted by Crippen LogP contribution is 2.56. The maximum atomic E-state index is 6.13. The molecule has 19 heavy (non-hydrogen) atoms. The van der Waals surface area contributed by atoms with Gasteiger partial charge in [0.1, 0.15) is 5.82 Å². The van der Waals surface area contributed by atoms with Gasteiger partial charge in [-0.1, -0.05) is 0 Å². The molecule has 0 aromatic carbocycles. The van der Waals surface area contributed by atoms with Crippen molar-refractivity contribution in [3.05, 3.63) is 17.8 Å². The Morgan fingerprint density at radius 2 is 1.74 bits per heavy atom. The quantitative estimate of drug-likeness (QED) is 0.854. The molecule has 1 aromatic rings. The molecule has 0 aliphatic heterocycles. The Morgan fingerprint density at radius 1 is 1.16 bits per heavy atom. The number of rotatable bonds is 2. The monoisotopic (exact) mass is 257 g/mol. The largest absolute Gasteiger partial charge is 0.396 e. The van der Waals surface area contributed by atoms with Crippen molar-refractivity contribution in [2.24, 2.45) is 17.8 Å². The molecule has 0 atom stereocenters. The van der Waals surface area contributed by atoms with Crippen molar-refractivity contribution in [3.63, 3.8) is 0 Å². The van der Waals surface area contributed by atoms with Gasteiger partial charge in [0.05, 0.1) is 5.69 Å². The average Bonchev–Trinajstić information content (AvgIpc) is 2.31. The molecule has 0 amide bonds. The first kappa shape index (κ1) is 11.6. The number of hydrogen-bond acceptors (Lipinski definition) is 3. The van der Waals surface area contributed by atoms with Crippen LogP contribution in [0.2, 0.25) is 0 Å². The fourth-order valence-corrected chi connectivity index (χ4v) is 5.21. The lowest BCUT2D eigenvalue weighted by Gasteiger charge is -2.57. The van der Waals surface area contributed by atoms with Crippen LogP contribution >= 0.6 is 0 Å². The van der Waals surface area contributed by atoms with Gasteiger partial charge in [-0.3, -0.25) is 0 Å². The van der Waals surface area contributed by atoms with Crippen molar-refractivity contribution in [3.8, 4) is 0 Å². The van der Waals surface area contributed by atoms with Gasteiger partial charge in [-0.25, -0.2) is 4.98 Å². The standard InChI is InChI=1S/C16H23N3/c1-10-2-14(17)15(18-9-10)19-16-6-11-3-12(7-16)5-13(4-11)8-16/h2,9,11-13H,3-8,17H2,1H3,(H,18,19). The normalized spacial score (nSPS) is 39.5. The van der Waals surface area contributed by atoms with Gasteiger partial charge in [-0.15, -0.1) is 0 Å². The number of aromatic nitrogens is 1. The molecule has 4 bridgehead atoms. The lowest BCUT2D eigenvalue weighted by atomic mass is 9.53. The number of nitrogens with one attached hydrogen (secondary N) is 1. The highest BCUT2D eigenvalue weighted by molar-refractivity contribution is 5.63. The molecule has 3 N–H and O–H groups in total. The Kier molecular flexibility index (Phi) is 2.36. The summed E-state index contributed by atoms with van der Waals surface area (Å²) < 4.78 is 0. The van der Waals surface area contributed by atoms with Crippen LogP contribution in [0.3, 0.4) is 0 Å². The van der Waals surface area contributed by atoms with Gasteiger partial charge in [0.25, 0.3) is 0 Å². The Hall–Kier alpha value is -1.25. The number of nitrogens with two attached hydrogens (primary N) is 1. The number of nitrogen functional groups attached to an aromatic ring is 1. The minimum atomic E-state index is 0.297. The third-order valence-corrected chi connectivity index (χ3v) is 5.48. The van der Waals surface area contributed by atoms with Crippen molar-refractivity contribution >= 4 is 11.5 Å². The van der Waals surface area contributed by atoms with Gasteiger partial charge in [-0.2, -0.15) is 0 Å². The van der Waals surface area contributed by atoms with E-state index in [1.807, 2.05) is 19.2 Å². The van der Waals surface area contributed by atoms with Crippen LogP contribution in [0.25, 0.3) is 0 Å².